The number of aromatic nitrogens is 1. The number of furan rings is 1. The molecule has 1 unspecified atom stereocenters. The molecular formula is C47H29N3OS. The summed E-state index contributed by atoms with van der Waals surface area (Å²) in [7, 11) is 2.19. The summed E-state index contributed by atoms with van der Waals surface area (Å²) >= 11 is 1.87. The van der Waals surface area contributed by atoms with Crippen LogP contribution in [0.2, 0.25) is 0 Å². The molecule has 4 nitrogen and oxygen atoms in total. The molecule has 12 rings (SSSR count). The number of thiophene rings is 1. The van der Waals surface area contributed by atoms with Crippen LogP contribution in [0.5, 0.6) is 0 Å². The standard InChI is InChI=1S/C47H29N3OS/c1-49-45(35-17-10-16-32-31-14-5-8-19-40(31)51-46(32)35)34-23-21-27-11-2-3-12-29(27)44(34)48-47(49)50-38-18-7-4-13-30(38)37-25-28-22-24-42-43(36(28)26-39(37)50)33-15-6-9-20-41(33)52-42/h2-26,47H,1H3. The van der Waals surface area contributed by atoms with Crippen molar-refractivity contribution >= 4 is 102 Å². The van der Waals surface area contributed by atoms with Crippen molar-refractivity contribution in [3.63, 3.8) is 0 Å². The lowest BCUT2D eigenvalue weighted by Gasteiger charge is -2.34. The van der Waals surface area contributed by atoms with Crippen LogP contribution in [0.4, 0.5) is 0 Å². The average molecular weight is 684 g/mol. The fraction of sp³-hybridized carbons (Fsp3) is 0.0426. The third-order valence-corrected chi connectivity index (χ3v) is 12.3. The normalized spacial score (nSPS) is 14.9. The third-order valence-electron chi connectivity index (χ3n) is 11.2. The van der Waals surface area contributed by atoms with Crippen LogP contribution >= 0.6 is 11.3 Å². The van der Waals surface area contributed by atoms with Crippen LogP contribution in [0.15, 0.2) is 161 Å². The van der Waals surface area contributed by atoms with E-state index in [4.69, 9.17) is 9.41 Å². The Kier molecular flexibility index (Phi) is 5.61. The van der Waals surface area contributed by atoms with Gasteiger partial charge >= 0.3 is 0 Å². The molecule has 1 aliphatic rings. The van der Waals surface area contributed by atoms with Crippen LogP contribution in [-0.4, -0.2) is 16.5 Å². The molecule has 0 fully saturated rings. The molecule has 0 saturated heterocycles. The van der Waals surface area contributed by atoms with Crippen molar-refractivity contribution in [1.29, 1.82) is 0 Å². The maximum absolute atomic E-state index is 6.69. The predicted molar refractivity (Wildman–Crippen MR) is 218 cm³/mol. The van der Waals surface area contributed by atoms with E-state index in [-0.39, 0.29) is 6.29 Å². The van der Waals surface area contributed by atoms with E-state index < -0.39 is 0 Å². The summed E-state index contributed by atoms with van der Waals surface area (Å²) in [6.07, 6.45) is -0.369. The second-order valence-electron chi connectivity index (χ2n) is 13.9. The topological polar surface area (TPSA) is 33.7 Å². The van der Waals surface area contributed by atoms with Crippen molar-refractivity contribution in [2.45, 2.75) is 6.29 Å². The highest BCUT2D eigenvalue weighted by Crippen LogP contribution is 2.43. The molecule has 0 spiro atoms. The lowest BCUT2D eigenvalue weighted by atomic mass is 10.0. The Hall–Kier alpha value is -6.43. The molecular weight excluding hydrogens is 655 g/mol. The van der Waals surface area contributed by atoms with Crippen molar-refractivity contribution in [3.05, 3.63) is 168 Å². The number of hydrogen-bond donors (Lipinski definition) is 0. The molecule has 0 amide bonds. The number of rotatable bonds is 2. The van der Waals surface area contributed by atoms with Crippen LogP contribution in [0.3, 0.4) is 0 Å². The van der Waals surface area contributed by atoms with Gasteiger partial charge in [-0.1, -0.05) is 109 Å². The van der Waals surface area contributed by atoms with Crippen LogP contribution in [0.1, 0.15) is 11.9 Å². The molecule has 0 bridgehead atoms. The maximum Gasteiger partial charge on any atom is 0.203 e. The van der Waals surface area contributed by atoms with Crippen molar-refractivity contribution in [3.8, 4) is 0 Å². The smallest absolute Gasteiger partial charge is 0.203 e. The van der Waals surface area contributed by atoms with Gasteiger partial charge in [0, 0.05) is 64.9 Å². The van der Waals surface area contributed by atoms with Gasteiger partial charge in [0.05, 0.1) is 22.1 Å². The second-order valence-corrected chi connectivity index (χ2v) is 15.0. The molecule has 0 aliphatic carbocycles. The van der Waals surface area contributed by atoms with Crippen molar-refractivity contribution < 1.29 is 4.42 Å². The van der Waals surface area contributed by atoms with E-state index in [9.17, 15) is 0 Å². The summed E-state index contributed by atoms with van der Waals surface area (Å²) in [5.41, 5.74) is 6.27. The zero-order valence-electron chi connectivity index (χ0n) is 28.2. The van der Waals surface area contributed by atoms with Gasteiger partial charge in [0.25, 0.3) is 0 Å². The summed E-state index contributed by atoms with van der Waals surface area (Å²) < 4.78 is 11.8. The minimum Gasteiger partial charge on any atom is -0.455 e. The van der Waals surface area contributed by atoms with Gasteiger partial charge in [0.15, 0.2) is 0 Å². The molecule has 3 aromatic heterocycles. The molecule has 8 aromatic carbocycles. The molecule has 1 aliphatic heterocycles. The molecule has 5 heteroatoms. The van der Waals surface area contributed by atoms with Crippen LogP contribution in [0, 0.1) is 0 Å². The van der Waals surface area contributed by atoms with E-state index in [1.807, 2.05) is 17.4 Å². The summed E-state index contributed by atoms with van der Waals surface area (Å²) in [5, 5.41) is 14.3. The highest BCUT2D eigenvalue weighted by Gasteiger charge is 2.29. The molecule has 11 aromatic rings. The molecule has 0 radical (unpaired) electrons. The predicted octanol–water partition coefficient (Wildman–Crippen LogP) is 11.2. The Bertz CT molecular complexity index is 3460. The Morgan fingerprint density at radius 2 is 1.31 bits per heavy atom. The highest BCUT2D eigenvalue weighted by molar-refractivity contribution is 7.26. The van der Waals surface area contributed by atoms with Gasteiger partial charge < -0.3 is 13.9 Å². The average Bonchev–Trinajstić information content (AvgIpc) is 3.86. The van der Waals surface area contributed by atoms with E-state index in [0.717, 1.165) is 54.7 Å². The Labute approximate surface area is 301 Å². The first kappa shape index (κ1) is 28.3. The van der Waals surface area contributed by atoms with Gasteiger partial charge in [0.1, 0.15) is 11.2 Å². The van der Waals surface area contributed by atoms with Gasteiger partial charge in [0.2, 0.25) is 6.29 Å². The molecule has 0 N–H and O–H groups in total. The number of para-hydroxylation sites is 3. The number of benzene rings is 8. The fourth-order valence-corrected chi connectivity index (χ4v) is 10.0. The van der Waals surface area contributed by atoms with Crippen LogP contribution < -0.4 is 10.6 Å². The van der Waals surface area contributed by atoms with Gasteiger partial charge in [-0.2, -0.15) is 0 Å². The Morgan fingerprint density at radius 3 is 2.23 bits per heavy atom. The summed E-state index contributed by atoms with van der Waals surface area (Å²) in [5.74, 6) is 0. The Balaban J connectivity index is 1.21. The van der Waals surface area contributed by atoms with Gasteiger partial charge in [-0.05, 0) is 58.6 Å². The lowest BCUT2D eigenvalue weighted by Crippen LogP contribution is -2.43. The summed E-state index contributed by atoms with van der Waals surface area (Å²) in [6.45, 7) is 0. The summed E-state index contributed by atoms with van der Waals surface area (Å²) in [4.78, 5) is 8.07. The Morgan fingerprint density at radius 1 is 0.558 bits per heavy atom. The molecule has 4 heterocycles. The minimum atomic E-state index is -0.369. The minimum absolute atomic E-state index is 0.369. The van der Waals surface area contributed by atoms with Crippen LogP contribution in [-0.2, 0) is 0 Å². The first-order chi connectivity index (χ1) is 25.7. The first-order valence-electron chi connectivity index (χ1n) is 17.7. The number of hydrogen-bond acceptors (Lipinski definition) is 4. The quantitative estimate of drug-likeness (QED) is 0.182. The molecule has 244 valence electrons. The lowest BCUT2D eigenvalue weighted by molar-refractivity contribution is 0.272. The molecule has 52 heavy (non-hydrogen) atoms. The van der Waals surface area contributed by atoms with Crippen LogP contribution in [0.25, 0.3) is 91.2 Å². The highest BCUT2D eigenvalue weighted by atomic mass is 32.1. The third kappa shape index (κ3) is 3.73. The van der Waals surface area contributed by atoms with Gasteiger partial charge in [-0.3, -0.25) is 0 Å². The van der Waals surface area contributed by atoms with E-state index in [2.05, 4.69) is 162 Å². The second kappa shape index (κ2) is 10.3. The largest absolute Gasteiger partial charge is 0.455 e. The van der Waals surface area contributed by atoms with Crippen molar-refractivity contribution in [2.24, 2.45) is 4.99 Å². The van der Waals surface area contributed by atoms with Crippen molar-refractivity contribution in [2.75, 3.05) is 7.05 Å². The fourth-order valence-electron chi connectivity index (χ4n) is 8.88. The van der Waals surface area contributed by atoms with E-state index in [0.29, 0.717) is 0 Å². The first-order valence-corrected chi connectivity index (χ1v) is 18.5. The molecule has 0 saturated carbocycles. The van der Waals surface area contributed by atoms with Gasteiger partial charge in [-0.15, -0.1) is 11.3 Å². The van der Waals surface area contributed by atoms with E-state index >= 15 is 0 Å². The van der Waals surface area contributed by atoms with E-state index in [1.165, 1.54) is 52.6 Å². The maximum atomic E-state index is 6.69. The zero-order valence-corrected chi connectivity index (χ0v) is 29.0. The number of fused-ring (bicyclic) bond motifs is 14. The van der Waals surface area contributed by atoms with Gasteiger partial charge in [-0.25, -0.2) is 4.99 Å². The SMILES string of the molecule is CN1C(c2cccc3c2oc2ccccc23)=c2ccc3ccccc3c2=NC1n1c2ccccc2c2cc3ccc4sc5ccccc5c4c3cc21. The monoisotopic (exact) mass is 683 g/mol. The summed E-state index contributed by atoms with van der Waals surface area (Å²) in [6, 6.07) is 54.9. The van der Waals surface area contributed by atoms with Crippen molar-refractivity contribution in [1.82, 2.24) is 9.47 Å². The zero-order chi connectivity index (χ0) is 34.1. The number of nitrogens with zero attached hydrogens (tertiary/aromatic N) is 3. The molecule has 1 atom stereocenters. The van der Waals surface area contributed by atoms with E-state index in [1.54, 1.807) is 0 Å².